The Bertz CT molecular complexity index is 389. The van der Waals surface area contributed by atoms with Crippen LogP contribution in [0.4, 0.5) is 8.78 Å². The van der Waals surface area contributed by atoms with Crippen molar-refractivity contribution < 1.29 is 13.9 Å². The molecular formula is C9H6BrF2NO. The molecule has 2 nitrogen and oxygen atoms in total. The van der Waals surface area contributed by atoms with Crippen molar-refractivity contribution in [3.05, 3.63) is 33.8 Å². The van der Waals surface area contributed by atoms with E-state index < -0.39 is 17.7 Å². The molecule has 0 amide bonds. The van der Waals surface area contributed by atoms with Gasteiger partial charge in [-0.25, -0.2) is 8.78 Å². The first-order valence-corrected chi connectivity index (χ1v) is 4.55. The molecule has 1 rings (SSSR count). The molecule has 0 aliphatic rings. The van der Waals surface area contributed by atoms with Crippen LogP contribution >= 0.6 is 15.9 Å². The molecule has 1 unspecified atom stereocenters. The highest BCUT2D eigenvalue weighted by Crippen LogP contribution is 2.27. The lowest BCUT2D eigenvalue weighted by Gasteiger charge is -2.09. The van der Waals surface area contributed by atoms with Crippen molar-refractivity contribution in [3.63, 3.8) is 0 Å². The number of hydrogen-bond donors (Lipinski definition) is 1. The first-order chi connectivity index (χ1) is 6.57. The standard InChI is InChI=1S/C9H6BrF2NO/c10-8-6(11)2-1-5(9(8)12)7(14)3-4-13/h1-2,7,14H,3H2. The second-order valence-electron chi connectivity index (χ2n) is 2.64. The van der Waals surface area contributed by atoms with Gasteiger partial charge in [0.25, 0.3) is 0 Å². The minimum Gasteiger partial charge on any atom is -0.387 e. The largest absolute Gasteiger partial charge is 0.387 e. The van der Waals surface area contributed by atoms with Crippen LogP contribution in [0.3, 0.4) is 0 Å². The third-order valence-electron chi connectivity index (χ3n) is 1.71. The Morgan fingerprint density at radius 2 is 2.14 bits per heavy atom. The van der Waals surface area contributed by atoms with Gasteiger partial charge in [0.2, 0.25) is 0 Å². The predicted molar refractivity (Wildman–Crippen MR) is 49.2 cm³/mol. The van der Waals surface area contributed by atoms with Crippen LogP contribution in [-0.2, 0) is 0 Å². The number of halogens is 3. The molecule has 5 heteroatoms. The fourth-order valence-corrected chi connectivity index (χ4v) is 1.36. The lowest BCUT2D eigenvalue weighted by molar-refractivity contribution is 0.178. The van der Waals surface area contributed by atoms with Gasteiger partial charge in [-0.2, -0.15) is 5.26 Å². The molecule has 14 heavy (non-hydrogen) atoms. The SMILES string of the molecule is N#CCC(O)c1ccc(F)c(Br)c1F. The lowest BCUT2D eigenvalue weighted by Crippen LogP contribution is -2.01. The van der Waals surface area contributed by atoms with Gasteiger partial charge in [-0.05, 0) is 22.0 Å². The van der Waals surface area contributed by atoms with Crippen LogP contribution in [0.5, 0.6) is 0 Å². The average Bonchev–Trinajstić information content (AvgIpc) is 2.15. The third kappa shape index (κ3) is 2.08. The minimum atomic E-state index is -1.23. The van der Waals surface area contributed by atoms with Gasteiger partial charge in [0.1, 0.15) is 11.6 Å². The topological polar surface area (TPSA) is 44.0 Å². The van der Waals surface area contributed by atoms with Crippen molar-refractivity contribution in [2.75, 3.05) is 0 Å². The third-order valence-corrected chi connectivity index (χ3v) is 2.44. The van der Waals surface area contributed by atoms with Gasteiger partial charge in [0.15, 0.2) is 0 Å². The molecule has 0 saturated carbocycles. The van der Waals surface area contributed by atoms with Crippen LogP contribution in [0.2, 0.25) is 0 Å². The predicted octanol–water partition coefficient (Wildman–Crippen LogP) is 2.67. The molecule has 0 heterocycles. The summed E-state index contributed by atoms with van der Waals surface area (Å²) in [6.07, 6.45) is -1.45. The monoisotopic (exact) mass is 261 g/mol. The van der Waals surface area contributed by atoms with Crippen LogP contribution in [-0.4, -0.2) is 5.11 Å². The number of hydrogen-bond acceptors (Lipinski definition) is 2. The van der Waals surface area contributed by atoms with Crippen LogP contribution in [0.15, 0.2) is 16.6 Å². The first-order valence-electron chi connectivity index (χ1n) is 3.76. The molecule has 74 valence electrons. The Hall–Kier alpha value is -0.990. The highest BCUT2D eigenvalue weighted by Gasteiger charge is 2.17. The first kappa shape index (κ1) is 11.1. The molecule has 1 aromatic carbocycles. The number of nitriles is 1. The smallest absolute Gasteiger partial charge is 0.146 e. The number of nitrogens with zero attached hydrogens (tertiary/aromatic N) is 1. The lowest BCUT2D eigenvalue weighted by atomic mass is 10.1. The van der Waals surface area contributed by atoms with Crippen molar-refractivity contribution in [2.24, 2.45) is 0 Å². The zero-order valence-electron chi connectivity index (χ0n) is 6.97. The van der Waals surface area contributed by atoms with E-state index in [1.54, 1.807) is 6.07 Å². The number of benzene rings is 1. The van der Waals surface area contributed by atoms with Crippen molar-refractivity contribution in [2.45, 2.75) is 12.5 Å². The molecule has 0 aliphatic carbocycles. The number of aliphatic hydroxyl groups is 1. The summed E-state index contributed by atoms with van der Waals surface area (Å²) in [6.45, 7) is 0. The van der Waals surface area contributed by atoms with Crippen LogP contribution in [0.1, 0.15) is 18.1 Å². The van der Waals surface area contributed by atoms with E-state index in [0.29, 0.717) is 0 Å². The molecule has 0 aromatic heterocycles. The normalized spacial score (nSPS) is 12.2. The fourth-order valence-electron chi connectivity index (χ4n) is 0.995. The van der Waals surface area contributed by atoms with Gasteiger partial charge in [-0.3, -0.25) is 0 Å². The van der Waals surface area contributed by atoms with E-state index in [1.165, 1.54) is 0 Å². The maximum Gasteiger partial charge on any atom is 0.146 e. The molecule has 0 aliphatic heterocycles. The molecule has 1 atom stereocenters. The Balaban J connectivity index is 3.12. The molecule has 0 bridgehead atoms. The summed E-state index contributed by atoms with van der Waals surface area (Å²) in [5.74, 6) is -1.61. The van der Waals surface area contributed by atoms with E-state index in [4.69, 9.17) is 5.26 Å². The molecule has 0 fully saturated rings. The Labute approximate surface area is 87.9 Å². The quantitative estimate of drug-likeness (QED) is 0.832. The Kier molecular flexibility index (Phi) is 3.55. The second kappa shape index (κ2) is 4.49. The van der Waals surface area contributed by atoms with E-state index >= 15 is 0 Å². The summed E-state index contributed by atoms with van der Waals surface area (Å²) in [6, 6.07) is 3.85. The molecular weight excluding hydrogens is 256 g/mol. The van der Waals surface area contributed by atoms with E-state index in [9.17, 15) is 13.9 Å². The summed E-state index contributed by atoms with van der Waals surface area (Å²) in [4.78, 5) is 0. The maximum absolute atomic E-state index is 13.3. The average molecular weight is 262 g/mol. The van der Waals surface area contributed by atoms with Crippen LogP contribution < -0.4 is 0 Å². The van der Waals surface area contributed by atoms with Gasteiger partial charge < -0.3 is 5.11 Å². The Morgan fingerprint density at radius 1 is 1.50 bits per heavy atom. The minimum absolute atomic E-state index is 0.0835. The number of rotatable bonds is 2. The molecule has 0 spiro atoms. The van der Waals surface area contributed by atoms with Gasteiger partial charge in [-0.15, -0.1) is 0 Å². The van der Waals surface area contributed by atoms with Gasteiger partial charge >= 0.3 is 0 Å². The van der Waals surface area contributed by atoms with Crippen molar-refractivity contribution in [1.82, 2.24) is 0 Å². The van der Waals surface area contributed by atoms with Gasteiger partial charge in [0.05, 0.1) is 23.1 Å². The van der Waals surface area contributed by atoms with E-state index in [-0.39, 0.29) is 16.5 Å². The van der Waals surface area contributed by atoms with Gasteiger partial charge in [-0.1, -0.05) is 6.07 Å². The molecule has 1 aromatic rings. The number of aliphatic hydroxyl groups excluding tert-OH is 1. The highest BCUT2D eigenvalue weighted by atomic mass is 79.9. The molecule has 0 radical (unpaired) electrons. The van der Waals surface area contributed by atoms with Gasteiger partial charge in [0, 0.05) is 5.56 Å². The summed E-state index contributed by atoms with van der Waals surface area (Å²) in [5.41, 5.74) is -0.0835. The second-order valence-corrected chi connectivity index (χ2v) is 3.44. The van der Waals surface area contributed by atoms with Crippen molar-refractivity contribution in [1.29, 1.82) is 5.26 Å². The fraction of sp³-hybridized carbons (Fsp3) is 0.222. The summed E-state index contributed by atoms with van der Waals surface area (Å²) >= 11 is 2.71. The van der Waals surface area contributed by atoms with Crippen molar-refractivity contribution >= 4 is 15.9 Å². The highest BCUT2D eigenvalue weighted by molar-refractivity contribution is 9.10. The summed E-state index contributed by atoms with van der Waals surface area (Å²) in [7, 11) is 0. The van der Waals surface area contributed by atoms with Crippen molar-refractivity contribution in [3.8, 4) is 6.07 Å². The van der Waals surface area contributed by atoms with Crippen LogP contribution in [0.25, 0.3) is 0 Å². The Morgan fingerprint density at radius 3 is 2.71 bits per heavy atom. The summed E-state index contributed by atoms with van der Waals surface area (Å²) < 4.78 is 25.7. The van der Waals surface area contributed by atoms with E-state index in [1.807, 2.05) is 0 Å². The van der Waals surface area contributed by atoms with E-state index in [2.05, 4.69) is 15.9 Å². The zero-order valence-corrected chi connectivity index (χ0v) is 8.55. The van der Waals surface area contributed by atoms with Crippen LogP contribution in [0, 0.1) is 23.0 Å². The molecule has 1 N–H and O–H groups in total. The zero-order chi connectivity index (χ0) is 10.7. The van der Waals surface area contributed by atoms with E-state index in [0.717, 1.165) is 12.1 Å². The molecule has 0 saturated heterocycles. The maximum atomic E-state index is 13.3. The summed E-state index contributed by atoms with van der Waals surface area (Å²) in [5, 5.41) is 17.6.